The SMILES string of the molecule is C[Si](C)(C)CCOCn1ccc2c(-c3cnn([C@]4(CC#N)C[C@@H](N5CCC(Nc6cc(CO)nc(C(F)(F)F)n6)CC5)C4)c3)ccnc21. The molecule has 4 aromatic heterocycles. The topological polar surface area (TPSA) is 130 Å². The van der Waals surface area contributed by atoms with E-state index in [0.717, 1.165) is 73.6 Å². The highest BCUT2D eigenvalue weighted by Crippen LogP contribution is 2.46. The van der Waals surface area contributed by atoms with E-state index in [1.54, 1.807) is 0 Å². The Hall–Kier alpha value is -3.84. The number of halogens is 3. The van der Waals surface area contributed by atoms with Crippen LogP contribution in [-0.4, -0.2) is 79.2 Å². The second-order valence-corrected chi connectivity index (χ2v) is 19.8. The standard InChI is InChI=1S/C33H42F3N9O2Si/c1-48(2,3)15-14-47-22-44-13-7-28-27(4-10-38-30(28)44)23-19-39-45(20-23)32(8-9-37)17-26(18-32)43-11-5-24(6-12-43)40-29-16-25(21-46)41-31(42-29)33(34,35)36/h4,7,10,13,16,19-20,24,26,46H,5-6,8,11-12,14-15,17-18,21-22H2,1-3H3,(H,40,41,42)/t26-,32-. The highest BCUT2D eigenvalue weighted by molar-refractivity contribution is 6.76. The molecule has 1 aliphatic heterocycles. The van der Waals surface area contributed by atoms with Crippen molar-refractivity contribution in [2.75, 3.05) is 25.0 Å². The summed E-state index contributed by atoms with van der Waals surface area (Å²) >= 11 is 0. The lowest BCUT2D eigenvalue weighted by Crippen LogP contribution is -2.58. The van der Waals surface area contributed by atoms with E-state index >= 15 is 0 Å². The number of fused-ring (bicyclic) bond motifs is 1. The lowest BCUT2D eigenvalue weighted by Gasteiger charge is -2.52. The molecule has 1 saturated carbocycles. The number of alkyl halides is 3. The summed E-state index contributed by atoms with van der Waals surface area (Å²) in [6.45, 7) is 9.14. The normalized spacial score (nSPS) is 20.9. The predicted octanol–water partition coefficient (Wildman–Crippen LogP) is 5.86. The maximum atomic E-state index is 13.2. The first-order valence-corrected chi connectivity index (χ1v) is 20.1. The number of rotatable bonds is 12. The molecule has 6 rings (SSSR count). The van der Waals surface area contributed by atoms with Gasteiger partial charge in [-0.1, -0.05) is 19.6 Å². The molecule has 4 aromatic rings. The zero-order valence-corrected chi connectivity index (χ0v) is 28.5. The van der Waals surface area contributed by atoms with Gasteiger partial charge in [-0.25, -0.2) is 15.0 Å². The average Bonchev–Trinajstić information content (AvgIpc) is 3.68. The van der Waals surface area contributed by atoms with Gasteiger partial charge in [0.2, 0.25) is 5.82 Å². The van der Waals surface area contributed by atoms with Gasteiger partial charge in [0, 0.05) is 75.5 Å². The number of nitrogens with one attached hydrogen (secondary N) is 1. The fraction of sp³-hybridized carbons (Fsp3) is 0.545. The Kier molecular flexibility index (Phi) is 9.63. The first-order valence-electron chi connectivity index (χ1n) is 16.4. The molecule has 11 nitrogen and oxygen atoms in total. The third-order valence-electron chi connectivity index (χ3n) is 9.50. The number of nitrogens with zero attached hydrogens (tertiary/aromatic N) is 8. The van der Waals surface area contributed by atoms with Crippen LogP contribution in [0.5, 0.6) is 0 Å². The van der Waals surface area contributed by atoms with Gasteiger partial charge < -0.3 is 24.6 Å². The molecule has 0 spiro atoms. The number of ether oxygens (including phenoxy) is 1. The van der Waals surface area contributed by atoms with Gasteiger partial charge in [0.25, 0.3) is 0 Å². The summed E-state index contributed by atoms with van der Waals surface area (Å²) in [4.78, 5) is 14.1. The van der Waals surface area contributed by atoms with Crippen LogP contribution in [0.3, 0.4) is 0 Å². The number of anilines is 1. The second kappa shape index (κ2) is 13.6. The van der Waals surface area contributed by atoms with Crippen LogP contribution in [0.1, 0.15) is 43.6 Å². The van der Waals surface area contributed by atoms with Crippen LogP contribution in [0.25, 0.3) is 22.2 Å². The molecule has 1 aliphatic carbocycles. The van der Waals surface area contributed by atoms with Gasteiger partial charge in [-0.2, -0.15) is 23.5 Å². The Bertz CT molecular complexity index is 1760. The quantitative estimate of drug-likeness (QED) is 0.140. The van der Waals surface area contributed by atoms with Gasteiger partial charge in [0.05, 0.1) is 36.5 Å². The molecule has 0 unspecified atom stereocenters. The number of pyridine rings is 1. The third-order valence-corrected chi connectivity index (χ3v) is 11.2. The molecule has 15 heteroatoms. The fourth-order valence-corrected chi connectivity index (χ4v) is 7.50. The minimum Gasteiger partial charge on any atom is -0.390 e. The van der Waals surface area contributed by atoms with Crippen molar-refractivity contribution in [1.82, 2.24) is 34.2 Å². The van der Waals surface area contributed by atoms with Gasteiger partial charge in [0.15, 0.2) is 0 Å². The molecule has 2 fully saturated rings. The van der Waals surface area contributed by atoms with Gasteiger partial charge in [-0.05, 0) is 49.4 Å². The average molecular weight is 682 g/mol. The van der Waals surface area contributed by atoms with Gasteiger partial charge in [-0.15, -0.1) is 0 Å². The van der Waals surface area contributed by atoms with E-state index < -0.39 is 32.2 Å². The highest BCUT2D eigenvalue weighted by atomic mass is 28.3. The first kappa shape index (κ1) is 34.0. The van der Waals surface area contributed by atoms with E-state index in [9.17, 15) is 23.5 Å². The van der Waals surface area contributed by atoms with Crippen molar-refractivity contribution in [3.63, 3.8) is 0 Å². The Labute approximate surface area is 278 Å². The molecule has 0 amide bonds. The molecule has 48 heavy (non-hydrogen) atoms. The highest BCUT2D eigenvalue weighted by Gasteiger charge is 2.49. The molecule has 256 valence electrons. The Morgan fingerprint density at radius 1 is 1.17 bits per heavy atom. The first-order chi connectivity index (χ1) is 22.9. The molecule has 5 heterocycles. The van der Waals surface area contributed by atoms with Crippen molar-refractivity contribution < 1.29 is 23.0 Å². The fourth-order valence-electron chi connectivity index (χ4n) is 6.74. The smallest absolute Gasteiger partial charge is 0.390 e. The Morgan fingerprint density at radius 3 is 2.62 bits per heavy atom. The summed E-state index contributed by atoms with van der Waals surface area (Å²) < 4.78 is 49.7. The number of nitriles is 1. The summed E-state index contributed by atoms with van der Waals surface area (Å²) in [5.41, 5.74) is 2.38. The lowest BCUT2D eigenvalue weighted by atomic mass is 9.69. The molecule has 0 bridgehead atoms. The van der Waals surface area contributed by atoms with Crippen LogP contribution in [0.4, 0.5) is 19.0 Å². The number of hydrogen-bond donors (Lipinski definition) is 2. The molecular formula is C33H42F3N9O2Si. The number of likely N-dealkylation sites (tertiary alicyclic amines) is 1. The summed E-state index contributed by atoms with van der Waals surface area (Å²) in [6.07, 6.45) is 6.41. The monoisotopic (exact) mass is 681 g/mol. The Morgan fingerprint density at radius 2 is 1.94 bits per heavy atom. The van der Waals surface area contributed by atoms with Crippen LogP contribution in [0, 0.1) is 11.3 Å². The summed E-state index contributed by atoms with van der Waals surface area (Å²) in [6, 6.07) is 9.14. The zero-order valence-electron chi connectivity index (χ0n) is 27.5. The lowest BCUT2D eigenvalue weighted by molar-refractivity contribution is -0.145. The van der Waals surface area contributed by atoms with Crippen LogP contribution in [0.2, 0.25) is 25.7 Å². The van der Waals surface area contributed by atoms with Crippen molar-refractivity contribution in [1.29, 1.82) is 5.26 Å². The molecule has 2 N–H and O–H groups in total. The van der Waals surface area contributed by atoms with Crippen LogP contribution in [0.15, 0.2) is 43.0 Å². The van der Waals surface area contributed by atoms with Gasteiger partial charge in [0.1, 0.15) is 18.2 Å². The van der Waals surface area contributed by atoms with Crippen LogP contribution in [-0.2, 0) is 29.8 Å². The van der Waals surface area contributed by atoms with E-state index in [4.69, 9.17) is 9.84 Å². The number of aliphatic hydroxyl groups excluding tert-OH is 1. The summed E-state index contributed by atoms with van der Waals surface area (Å²) in [5.74, 6) is -1.19. The number of aromatic nitrogens is 6. The molecule has 1 saturated heterocycles. The molecule has 0 atom stereocenters. The van der Waals surface area contributed by atoms with Crippen LogP contribution >= 0.6 is 0 Å². The molecule has 0 aromatic carbocycles. The van der Waals surface area contributed by atoms with E-state index in [1.807, 2.05) is 40.1 Å². The van der Waals surface area contributed by atoms with Crippen molar-refractivity contribution in [2.24, 2.45) is 0 Å². The summed E-state index contributed by atoms with van der Waals surface area (Å²) in [7, 11) is -1.17. The predicted molar refractivity (Wildman–Crippen MR) is 177 cm³/mol. The number of piperidine rings is 1. The second-order valence-electron chi connectivity index (χ2n) is 14.2. The summed E-state index contributed by atoms with van der Waals surface area (Å²) in [5, 5.41) is 28.1. The van der Waals surface area contributed by atoms with Crippen molar-refractivity contribution >= 4 is 24.9 Å². The van der Waals surface area contributed by atoms with E-state index in [0.29, 0.717) is 13.2 Å². The molecular weight excluding hydrogens is 640 g/mol. The minimum atomic E-state index is -4.70. The number of hydrogen-bond acceptors (Lipinski definition) is 9. The van der Waals surface area contributed by atoms with E-state index in [2.05, 4.69) is 56.9 Å². The van der Waals surface area contributed by atoms with Crippen molar-refractivity contribution in [3.8, 4) is 17.2 Å². The van der Waals surface area contributed by atoms with E-state index in [1.165, 1.54) is 6.07 Å². The maximum absolute atomic E-state index is 13.2. The minimum absolute atomic E-state index is 0.0508. The van der Waals surface area contributed by atoms with Crippen molar-refractivity contribution in [2.45, 2.75) is 94.9 Å². The van der Waals surface area contributed by atoms with Gasteiger partial charge >= 0.3 is 6.18 Å². The third kappa shape index (κ3) is 7.41. The van der Waals surface area contributed by atoms with E-state index in [-0.39, 0.29) is 23.6 Å². The molecule has 0 radical (unpaired) electrons. The number of aliphatic hydroxyl groups is 1. The largest absolute Gasteiger partial charge is 0.451 e. The van der Waals surface area contributed by atoms with Gasteiger partial charge in [-0.3, -0.25) is 4.68 Å². The maximum Gasteiger partial charge on any atom is 0.451 e. The van der Waals surface area contributed by atoms with Crippen molar-refractivity contribution in [3.05, 3.63) is 54.5 Å². The Balaban J connectivity index is 1.08. The van der Waals surface area contributed by atoms with Crippen LogP contribution < -0.4 is 5.32 Å². The zero-order chi connectivity index (χ0) is 34.1. The molecule has 2 aliphatic rings.